The number of rotatable bonds is 15. The summed E-state index contributed by atoms with van der Waals surface area (Å²) >= 11 is 1.68. The van der Waals surface area contributed by atoms with Crippen molar-refractivity contribution in [1.82, 2.24) is 10.2 Å². The molecule has 9 heteroatoms. The number of nitrogens with two attached hydrogens (primary N) is 1. The van der Waals surface area contributed by atoms with Gasteiger partial charge in [0.25, 0.3) is 0 Å². The summed E-state index contributed by atoms with van der Waals surface area (Å²) in [6.45, 7) is 13.6. The normalized spacial score (nSPS) is 13.6. The number of primary amides is 1. The number of unbranched alkanes of at least 4 members (excludes halogenated alkanes) is 1. The summed E-state index contributed by atoms with van der Waals surface area (Å²) in [6.07, 6.45) is 0.615. The van der Waals surface area contributed by atoms with Crippen LogP contribution in [0.3, 0.4) is 0 Å². The highest BCUT2D eigenvalue weighted by Gasteiger charge is 2.34. The molecule has 3 N–H and O–H groups in total. The van der Waals surface area contributed by atoms with E-state index in [0.717, 1.165) is 10.9 Å². The fraction of sp³-hybridized carbons (Fsp3) is 0.630. The number of nitrogens with zero attached hydrogens (tertiary/aromatic N) is 1. The van der Waals surface area contributed by atoms with Crippen molar-refractivity contribution in [1.29, 1.82) is 0 Å². The molecule has 2 rings (SSSR count). The molecule has 0 unspecified atom stereocenters. The second kappa shape index (κ2) is 14.5. The van der Waals surface area contributed by atoms with Crippen molar-refractivity contribution >= 4 is 33.4 Å². The standard InChI is InChI=1S/C27H43N3O5S/c1-7-33-25(34-8-2)19(3)30(17-20-18-36-23-15-10-9-13-21(20)23)24(31)22(29-27(4,5)6)14-11-12-16-35-26(28)32/h9-10,13,15,18-19,22,25,29H,7-8,11-12,14,16-17H2,1-6H3,(H2,28,32)/t19-,22-/m0/s1. The van der Waals surface area contributed by atoms with Crippen molar-refractivity contribution in [2.75, 3.05) is 19.8 Å². The fourth-order valence-corrected chi connectivity index (χ4v) is 5.12. The van der Waals surface area contributed by atoms with E-state index in [-0.39, 0.29) is 24.1 Å². The Morgan fingerprint density at radius 3 is 2.39 bits per heavy atom. The molecule has 0 aliphatic heterocycles. The monoisotopic (exact) mass is 521 g/mol. The Bertz CT molecular complexity index is 952. The highest BCUT2D eigenvalue weighted by atomic mass is 32.1. The van der Waals surface area contributed by atoms with E-state index in [4.69, 9.17) is 19.9 Å². The van der Waals surface area contributed by atoms with Gasteiger partial charge in [0.05, 0.1) is 18.7 Å². The molecule has 1 heterocycles. The first kappa shape index (κ1) is 30.0. The summed E-state index contributed by atoms with van der Waals surface area (Å²) in [7, 11) is 0. The third-order valence-electron chi connectivity index (χ3n) is 5.77. The van der Waals surface area contributed by atoms with Gasteiger partial charge in [-0.3, -0.25) is 4.79 Å². The Hall–Kier alpha value is -2.20. The Morgan fingerprint density at radius 2 is 1.78 bits per heavy atom. The van der Waals surface area contributed by atoms with E-state index in [2.05, 4.69) is 22.8 Å². The zero-order valence-electron chi connectivity index (χ0n) is 22.5. The molecule has 0 bridgehead atoms. The predicted molar refractivity (Wildman–Crippen MR) is 145 cm³/mol. The third kappa shape index (κ3) is 9.35. The van der Waals surface area contributed by atoms with E-state index in [9.17, 15) is 9.59 Å². The second-order valence-corrected chi connectivity index (χ2v) is 10.8. The van der Waals surface area contributed by atoms with Gasteiger partial charge in [0.2, 0.25) is 5.91 Å². The molecule has 8 nitrogen and oxygen atoms in total. The number of carbonyl (C=O) groups is 2. The van der Waals surface area contributed by atoms with Crippen LogP contribution in [0.4, 0.5) is 4.79 Å². The van der Waals surface area contributed by atoms with Crippen LogP contribution in [-0.4, -0.2) is 60.6 Å². The minimum atomic E-state index is -0.781. The van der Waals surface area contributed by atoms with Gasteiger partial charge in [0.1, 0.15) is 0 Å². The number of carbonyl (C=O) groups excluding carboxylic acids is 2. The molecular weight excluding hydrogens is 478 g/mol. The minimum absolute atomic E-state index is 0.00654. The highest BCUT2D eigenvalue weighted by Crippen LogP contribution is 2.28. The first-order valence-electron chi connectivity index (χ1n) is 12.8. The molecule has 0 saturated heterocycles. The lowest BCUT2D eigenvalue weighted by Crippen LogP contribution is -2.56. The summed E-state index contributed by atoms with van der Waals surface area (Å²) in [6, 6.07) is 7.52. The van der Waals surface area contributed by atoms with Gasteiger partial charge in [0, 0.05) is 30.0 Å². The summed E-state index contributed by atoms with van der Waals surface area (Å²) in [4.78, 5) is 26.9. The van der Waals surface area contributed by atoms with Gasteiger partial charge in [-0.05, 0) is 83.2 Å². The molecule has 0 aliphatic carbocycles. The molecule has 2 aromatic rings. The van der Waals surface area contributed by atoms with Gasteiger partial charge >= 0.3 is 6.09 Å². The van der Waals surface area contributed by atoms with Crippen molar-refractivity contribution in [3.63, 3.8) is 0 Å². The molecular formula is C27H43N3O5S. The lowest BCUT2D eigenvalue weighted by Gasteiger charge is -2.38. The topological polar surface area (TPSA) is 103 Å². The Morgan fingerprint density at radius 1 is 1.11 bits per heavy atom. The molecule has 0 radical (unpaired) electrons. The van der Waals surface area contributed by atoms with Crippen molar-refractivity contribution in [3.05, 3.63) is 35.2 Å². The SMILES string of the molecule is CCOC(OCC)[C@H](C)N(Cc1csc2ccccc12)C(=O)[C@H](CCCCOC(N)=O)NC(C)(C)C. The maximum absolute atomic E-state index is 14.2. The molecule has 2 amide bonds. The predicted octanol–water partition coefficient (Wildman–Crippen LogP) is 5.04. The number of thiophene rings is 1. The van der Waals surface area contributed by atoms with E-state index < -0.39 is 18.4 Å². The van der Waals surface area contributed by atoms with Gasteiger partial charge in [0.15, 0.2) is 6.29 Å². The van der Waals surface area contributed by atoms with E-state index in [1.807, 2.05) is 58.6 Å². The summed E-state index contributed by atoms with van der Waals surface area (Å²) < 4.78 is 17.9. The second-order valence-electron chi connectivity index (χ2n) is 9.85. The fourth-order valence-electron chi connectivity index (χ4n) is 4.17. The average molecular weight is 522 g/mol. The van der Waals surface area contributed by atoms with Crippen LogP contribution in [0.2, 0.25) is 0 Å². The van der Waals surface area contributed by atoms with Gasteiger partial charge in [-0.15, -0.1) is 11.3 Å². The lowest BCUT2D eigenvalue weighted by atomic mass is 10.0. The zero-order chi connectivity index (χ0) is 26.7. The first-order valence-corrected chi connectivity index (χ1v) is 13.6. The van der Waals surface area contributed by atoms with Crippen molar-refractivity contribution in [3.8, 4) is 0 Å². The van der Waals surface area contributed by atoms with Crippen molar-refractivity contribution in [2.24, 2.45) is 5.73 Å². The molecule has 0 fully saturated rings. The van der Waals surface area contributed by atoms with E-state index >= 15 is 0 Å². The maximum Gasteiger partial charge on any atom is 0.404 e. The first-order chi connectivity index (χ1) is 17.1. The van der Waals surface area contributed by atoms with Gasteiger partial charge in [-0.2, -0.15) is 0 Å². The number of benzene rings is 1. The molecule has 2 atom stereocenters. The smallest absolute Gasteiger partial charge is 0.404 e. The quantitative estimate of drug-likeness (QED) is 0.251. The Balaban J connectivity index is 2.33. The van der Waals surface area contributed by atoms with Crippen LogP contribution < -0.4 is 11.1 Å². The van der Waals surface area contributed by atoms with Crippen molar-refractivity contribution < 1.29 is 23.8 Å². The van der Waals surface area contributed by atoms with Gasteiger partial charge in [-0.1, -0.05) is 18.2 Å². The van der Waals surface area contributed by atoms with E-state index in [1.54, 1.807) is 11.3 Å². The van der Waals surface area contributed by atoms with Crippen LogP contribution in [0.1, 0.15) is 66.4 Å². The largest absolute Gasteiger partial charge is 0.450 e. The average Bonchev–Trinajstić information content (AvgIpc) is 3.22. The van der Waals surface area contributed by atoms with Crippen molar-refractivity contribution in [2.45, 2.75) is 91.3 Å². The molecule has 0 saturated carbocycles. The van der Waals surface area contributed by atoms with Crippen LogP contribution in [0, 0.1) is 0 Å². The third-order valence-corrected chi connectivity index (χ3v) is 6.78. The molecule has 0 spiro atoms. The highest BCUT2D eigenvalue weighted by molar-refractivity contribution is 7.17. The van der Waals surface area contributed by atoms with Gasteiger partial charge in [-0.25, -0.2) is 4.79 Å². The molecule has 1 aromatic heterocycles. The van der Waals surface area contributed by atoms with E-state index in [1.165, 1.54) is 4.70 Å². The van der Waals surface area contributed by atoms with Crippen LogP contribution in [0.25, 0.3) is 10.1 Å². The minimum Gasteiger partial charge on any atom is -0.450 e. The van der Waals surface area contributed by atoms with Gasteiger partial charge < -0.3 is 30.2 Å². The summed E-state index contributed by atoms with van der Waals surface area (Å²) in [5.41, 5.74) is 5.90. The number of hydrogen-bond acceptors (Lipinski definition) is 7. The Labute approximate surface area is 219 Å². The lowest BCUT2D eigenvalue weighted by molar-refractivity contribution is -0.180. The molecule has 202 valence electrons. The molecule has 1 aromatic carbocycles. The number of hydrogen-bond donors (Lipinski definition) is 2. The zero-order valence-corrected chi connectivity index (χ0v) is 23.4. The summed E-state index contributed by atoms with van der Waals surface area (Å²) in [5.74, 6) is -0.00654. The molecule has 0 aliphatic rings. The number of fused-ring (bicyclic) bond motifs is 1. The maximum atomic E-state index is 14.2. The number of nitrogens with one attached hydrogen (secondary N) is 1. The van der Waals surface area contributed by atoms with Crippen LogP contribution in [0.15, 0.2) is 29.6 Å². The van der Waals surface area contributed by atoms with Crippen LogP contribution >= 0.6 is 11.3 Å². The number of ether oxygens (including phenoxy) is 3. The number of amides is 2. The Kier molecular flexibility index (Phi) is 12.1. The van der Waals surface area contributed by atoms with Crippen LogP contribution in [0.5, 0.6) is 0 Å². The molecule has 36 heavy (non-hydrogen) atoms. The van der Waals surface area contributed by atoms with E-state index in [0.29, 0.717) is 39.0 Å². The summed E-state index contributed by atoms with van der Waals surface area (Å²) in [5, 5.41) is 6.79. The van der Waals surface area contributed by atoms with Crippen LogP contribution in [-0.2, 0) is 25.5 Å².